The van der Waals surface area contributed by atoms with Gasteiger partial charge in [0, 0.05) is 19.0 Å². The number of primary amides is 1. The number of aromatic nitrogens is 1. The molecule has 1 aliphatic heterocycles. The van der Waals surface area contributed by atoms with Crippen LogP contribution in [0.5, 0.6) is 5.75 Å². The van der Waals surface area contributed by atoms with E-state index in [1.807, 2.05) is 0 Å². The zero-order chi connectivity index (χ0) is 11.4. The largest absolute Gasteiger partial charge is 0.489 e. The van der Waals surface area contributed by atoms with Crippen molar-refractivity contribution >= 4 is 5.91 Å². The van der Waals surface area contributed by atoms with Crippen LogP contribution in [0.15, 0.2) is 18.5 Å². The molecule has 2 rings (SSSR count). The molecule has 0 aliphatic carbocycles. The van der Waals surface area contributed by atoms with Crippen molar-refractivity contribution in [3.63, 3.8) is 0 Å². The quantitative estimate of drug-likeness (QED) is 0.818. The number of pyridine rings is 1. The Bertz CT molecular complexity index is 375. The molecule has 1 aliphatic rings. The van der Waals surface area contributed by atoms with Gasteiger partial charge in [0.15, 0.2) is 0 Å². The number of carbonyl (C=O) groups excluding carboxylic acids is 1. The lowest BCUT2D eigenvalue weighted by Gasteiger charge is -2.23. The molecule has 1 aromatic heterocycles. The second-order valence-electron chi connectivity index (χ2n) is 3.70. The number of ether oxygens (including phenoxy) is 2. The van der Waals surface area contributed by atoms with Gasteiger partial charge in [-0.1, -0.05) is 0 Å². The predicted molar refractivity (Wildman–Crippen MR) is 57.2 cm³/mol. The van der Waals surface area contributed by atoms with Gasteiger partial charge < -0.3 is 15.2 Å². The third-order valence-corrected chi connectivity index (χ3v) is 2.47. The average molecular weight is 222 g/mol. The first-order valence-electron chi connectivity index (χ1n) is 5.25. The Balaban J connectivity index is 2.02. The van der Waals surface area contributed by atoms with Crippen LogP contribution in [0.2, 0.25) is 0 Å². The summed E-state index contributed by atoms with van der Waals surface area (Å²) in [5.74, 6) is 0.0909. The van der Waals surface area contributed by atoms with Crippen LogP contribution >= 0.6 is 0 Å². The molecule has 1 fully saturated rings. The Morgan fingerprint density at radius 1 is 1.44 bits per heavy atom. The van der Waals surface area contributed by atoms with Crippen molar-refractivity contribution < 1.29 is 14.3 Å². The van der Waals surface area contributed by atoms with E-state index in [1.54, 1.807) is 12.3 Å². The number of carbonyl (C=O) groups is 1. The number of hydrogen-bond acceptors (Lipinski definition) is 4. The van der Waals surface area contributed by atoms with Gasteiger partial charge in [-0.05, 0) is 6.07 Å². The molecule has 0 aromatic carbocycles. The van der Waals surface area contributed by atoms with E-state index in [9.17, 15) is 4.79 Å². The zero-order valence-corrected chi connectivity index (χ0v) is 8.89. The molecule has 5 heteroatoms. The number of amides is 1. The van der Waals surface area contributed by atoms with Crippen molar-refractivity contribution in [2.24, 2.45) is 5.73 Å². The Morgan fingerprint density at radius 2 is 2.19 bits per heavy atom. The Kier molecular flexibility index (Phi) is 3.36. The molecule has 0 bridgehead atoms. The van der Waals surface area contributed by atoms with E-state index < -0.39 is 5.91 Å². The van der Waals surface area contributed by atoms with Gasteiger partial charge in [-0.25, -0.2) is 0 Å². The highest BCUT2D eigenvalue weighted by atomic mass is 16.5. The van der Waals surface area contributed by atoms with Crippen LogP contribution in [0, 0.1) is 0 Å². The summed E-state index contributed by atoms with van der Waals surface area (Å²) >= 11 is 0. The van der Waals surface area contributed by atoms with Gasteiger partial charge in [0.25, 0.3) is 0 Å². The van der Waals surface area contributed by atoms with Gasteiger partial charge in [-0.2, -0.15) is 0 Å². The molecule has 0 saturated carbocycles. The Morgan fingerprint density at radius 3 is 2.88 bits per heavy atom. The summed E-state index contributed by atoms with van der Waals surface area (Å²) in [7, 11) is 0. The number of hydrogen-bond donors (Lipinski definition) is 1. The van der Waals surface area contributed by atoms with Crippen molar-refractivity contribution in [1.29, 1.82) is 0 Å². The summed E-state index contributed by atoms with van der Waals surface area (Å²) in [6.45, 7) is 1.43. The summed E-state index contributed by atoms with van der Waals surface area (Å²) < 4.78 is 10.9. The highest BCUT2D eigenvalue weighted by Crippen LogP contribution is 2.17. The van der Waals surface area contributed by atoms with E-state index in [4.69, 9.17) is 15.2 Å². The molecule has 86 valence electrons. The van der Waals surface area contributed by atoms with E-state index in [0.29, 0.717) is 24.5 Å². The SMILES string of the molecule is NC(=O)c1cncc(OC2CCOCC2)c1. The Hall–Kier alpha value is -1.62. The van der Waals surface area contributed by atoms with Gasteiger partial charge in [0.1, 0.15) is 11.9 Å². The Labute approximate surface area is 93.6 Å². The van der Waals surface area contributed by atoms with Crippen molar-refractivity contribution in [3.8, 4) is 5.75 Å². The molecule has 0 radical (unpaired) electrons. The number of rotatable bonds is 3. The van der Waals surface area contributed by atoms with Crippen LogP contribution in [0.25, 0.3) is 0 Å². The fraction of sp³-hybridized carbons (Fsp3) is 0.455. The summed E-state index contributed by atoms with van der Waals surface area (Å²) in [6.07, 6.45) is 4.88. The molecule has 1 aromatic rings. The molecule has 1 amide bonds. The van der Waals surface area contributed by atoms with Crippen LogP contribution in [-0.4, -0.2) is 30.2 Å². The maximum atomic E-state index is 11.0. The molecule has 2 heterocycles. The van der Waals surface area contributed by atoms with E-state index in [2.05, 4.69) is 4.98 Å². The van der Waals surface area contributed by atoms with Crippen LogP contribution < -0.4 is 10.5 Å². The monoisotopic (exact) mass is 222 g/mol. The molecule has 5 nitrogen and oxygen atoms in total. The highest BCUT2D eigenvalue weighted by Gasteiger charge is 2.15. The summed E-state index contributed by atoms with van der Waals surface area (Å²) in [5.41, 5.74) is 5.53. The summed E-state index contributed by atoms with van der Waals surface area (Å²) in [6, 6.07) is 1.62. The lowest BCUT2D eigenvalue weighted by molar-refractivity contribution is 0.0254. The third kappa shape index (κ3) is 2.70. The van der Waals surface area contributed by atoms with Gasteiger partial charge in [0.05, 0.1) is 25.0 Å². The minimum absolute atomic E-state index is 0.138. The lowest BCUT2D eigenvalue weighted by atomic mass is 10.1. The molecule has 0 atom stereocenters. The molecule has 2 N–H and O–H groups in total. The molecule has 1 saturated heterocycles. The number of nitrogens with two attached hydrogens (primary N) is 1. The maximum Gasteiger partial charge on any atom is 0.250 e. The third-order valence-electron chi connectivity index (χ3n) is 2.47. The van der Waals surface area contributed by atoms with E-state index >= 15 is 0 Å². The second kappa shape index (κ2) is 4.94. The molecule has 0 unspecified atom stereocenters. The topological polar surface area (TPSA) is 74.4 Å². The second-order valence-corrected chi connectivity index (χ2v) is 3.70. The predicted octanol–water partition coefficient (Wildman–Crippen LogP) is 0.738. The smallest absolute Gasteiger partial charge is 0.250 e. The van der Waals surface area contributed by atoms with Crippen LogP contribution in [-0.2, 0) is 4.74 Å². The minimum Gasteiger partial charge on any atom is -0.489 e. The van der Waals surface area contributed by atoms with Gasteiger partial charge >= 0.3 is 0 Å². The van der Waals surface area contributed by atoms with Gasteiger partial charge in [0.2, 0.25) is 5.91 Å². The average Bonchev–Trinajstić information content (AvgIpc) is 2.30. The standard InChI is InChI=1S/C11H14N2O3/c12-11(14)8-5-10(7-13-6-8)16-9-1-3-15-4-2-9/h5-7,9H,1-4H2,(H2,12,14). The van der Waals surface area contributed by atoms with Crippen LogP contribution in [0.3, 0.4) is 0 Å². The first-order chi connectivity index (χ1) is 7.75. The van der Waals surface area contributed by atoms with Crippen molar-refractivity contribution in [1.82, 2.24) is 4.98 Å². The van der Waals surface area contributed by atoms with Crippen LogP contribution in [0.4, 0.5) is 0 Å². The highest BCUT2D eigenvalue weighted by molar-refractivity contribution is 5.92. The summed E-state index contributed by atoms with van der Waals surface area (Å²) in [5, 5.41) is 0. The summed E-state index contributed by atoms with van der Waals surface area (Å²) in [4.78, 5) is 14.9. The van der Waals surface area contributed by atoms with E-state index in [1.165, 1.54) is 6.20 Å². The van der Waals surface area contributed by atoms with Crippen LogP contribution in [0.1, 0.15) is 23.2 Å². The van der Waals surface area contributed by atoms with Crippen molar-refractivity contribution in [2.75, 3.05) is 13.2 Å². The van der Waals surface area contributed by atoms with Gasteiger partial charge in [-0.3, -0.25) is 9.78 Å². The van der Waals surface area contributed by atoms with E-state index in [-0.39, 0.29) is 6.10 Å². The molecule has 16 heavy (non-hydrogen) atoms. The van der Waals surface area contributed by atoms with Gasteiger partial charge in [-0.15, -0.1) is 0 Å². The fourth-order valence-corrected chi connectivity index (χ4v) is 1.60. The van der Waals surface area contributed by atoms with Crippen molar-refractivity contribution in [2.45, 2.75) is 18.9 Å². The number of nitrogens with zero attached hydrogens (tertiary/aromatic N) is 1. The van der Waals surface area contributed by atoms with E-state index in [0.717, 1.165) is 12.8 Å². The first-order valence-corrected chi connectivity index (χ1v) is 5.25. The normalized spacial score (nSPS) is 17.0. The lowest BCUT2D eigenvalue weighted by Crippen LogP contribution is -2.26. The maximum absolute atomic E-state index is 11.0. The first kappa shape index (κ1) is 10.9. The molecular formula is C11H14N2O3. The fourth-order valence-electron chi connectivity index (χ4n) is 1.60. The molecule has 0 spiro atoms. The molecular weight excluding hydrogens is 208 g/mol. The van der Waals surface area contributed by atoms with Crippen molar-refractivity contribution in [3.05, 3.63) is 24.0 Å². The minimum atomic E-state index is -0.495. The zero-order valence-electron chi connectivity index (χ0n) is 8.89.